The van der Waals surface area contributed by atoms with Crippen molar-refractivity contribution < 1.29 is 4.79 Å². The predicted molar refractivity (Wildman–Crippen MR) is 109 cm³/mol. The van der Waals surface area contributed by atoms with E-state index in [9.17, 15) is 4.79 Å². The normalized spacial score (nSPS) is 10.7. The van der Waals surface area contributed by atoms with Crippen LogP contribution < -0.4 is 10.6 Å². The Kier molecular flexibility index (Phi) is 6.59. The lowest BCUT2D eigenvalue weighted by molar-refractivity contribution is 0.241. The summed E-state index contributed by atoms with van der Waals surface area (Å²) < 4.78 is 1.86. The van der Waals surface area contributed by atoms with Crippen LogP contribution in [0.15, 0.2) is 41.8 Å². The van der Waals surface area contributed by atoms with E-state index in [4.69, 9.17) is 0 Å². The lowest BCUT2D eigenvalue weighted by atomic mass is 10.1. The highest BCUT2D eigenvalue weighted by atomic mass is 32.1. The van der Waals surface area contributed by atoms with E-state index in [1.54, 1.807) is 11.3 Å². The zero-order valence-electron chi connectivity index (χ0n) is 15.7. The van der Waals surface area contributed by atoms with Gasteiger partial charge in [0.1, 0.15) is 0 Å². The number of urea groups is 1. The van der Waals surface area contributed by atoms with E-state index in [1.807, 2.05) is 48.2 Å². The van der Waals surface area contributed by atoms with Crippen molar-refractivity contribution in [3.05, 3.63) is 64.4 Å². The molecule has 2 heterocycles. The summed E-state index contributed by atoms with van der Waals surface area (Å²) in [6.07, 6.45) is 2.60. The molecule has 0 radical (unpaired) electrons. The van der Waals surface area contributed by atoms with Crippen molar-refractivity contribution in [1.29, 1.82) is 0 Å². The number of nitrogens with zero attached hydrogens (tertiary/aromatic N) is 3. The van der Waals surface area contributed by atoms with Crippen molar-refractivity contribution in [3.8, 4) is 5.13 Å². The van der Waals surface area contributed by atoms with Crippen molar-refractivity contribution in [2.24, 2.45) is 0 Å². The number of carbonyl (C=O) groups is 1. The zero-order valence-corrected chi connectivity index (χ0v) is 16.6. The van der Waals surface area contributed by atoms with E-state index in [1.165, 1.54) is 5.56 Å². The molecule has 0 atom stereocenters. The highest BCUT2D eigenvalue weighted by molar-refractivity contribution is 7.12. The molecule has 2 N–H and O–H groups in total. The van der Waals surface area contributed by atoms with Crippen LogP contribution >= 0.6 is 11.3 Å². The van der Waals surface area contributed by atoms with E-state index in [0.29, 0.717) is 19.5 Å². The number of nitrogens with one attached hydrogen (secondary N) is 2. The van der Waals surface area contributed by atoms with Crippen LogP contribution in [0.2, 0.25) is 0 Å². The van der Waals surface area contributed by atoms with Crippen molar-refractivity contribution in [2.75, 3.05) is 13.1 Å². The summed E-state index contributed by atoms with van der Waals surface area (Å²) >= 11 is 1.56. The minimum Gasteiger partial charge on any atom is -0.338 e. The van der Waals surface area contributed by atoms with E-state index < -0.39 is 0 Å². The van der Waals surface area contributed by atoms with E-state index in [0.717, 1.165) is 35.1 Å². The van der Waals surface area contributed by atoms with Crippen LogP contribution in [0.3, 0.4) is 0 Å². The summed E-state index contributed by atoms with van der Waals surface area (Å²) in [5.41, 5.74) is 4.31. The van der Waals surface area contributed by atoms with Crippen molar-refractivity contribution in [2.45, 2.75) is 33.1 Å². The molecule has 0 unspecified atom stereocenters. The first-order valence-corrected chi connectivity index (χ1v) is 10.0. The van der Waals surface area contributed by atoms with Crippen LogP contribution in [0.5, 0.6) is 0 Å². The fourth-order valence-electron chi connectivity index (χ4n) is 2.84. The third kappa shape index (κ3) is 5.65. The Morgan fingerprint density at radius 2 is 1.89 bits per heavy atom. The second kappa shape index (κ2) is 9.32. The quantitative estimate of drug-likeness (QED) is 0.586. The molecular weight excluding hydrogens is 358 g/mol. The summed E-state index contributed by atoms with van der Waals surface area (Å²) in [4.78, 5) is 16.5. The van der Waals surface area contributed by atoms with Gasteiger partial charge in [0.25, 0.3) is 0 Å². The summed E-state index contributed by atoms with van der Waals surface area (Å²) in [7, 11) is 0. The van der Waals surface area contributed by atoms with Gasteiger partial charge >= 0.3 is 6.03 Å². The Morgan fingerprint density at radius 1 is 1.11 bits per heavy atom. The molecule has 142 valence electrons. The first-order valence-electron chi connectivity index (χ1n) is 9.15. The second-order valence-electron chi connectivity index (χ2n) is 6.48. The number of aryl methyl sites for hydroxylation is 3. The largest absolute Gasteiger partial charge is 0.338 e. The maximum atomic E-state index is 11.9. The molecular formula is C20H25N5OS. The van der Waals surface area contributed by atoms with Gasteiger partial charge < -0.3 is 10.6 Å². The highest BCUT2D eigenvalue weighted by Gasteiger charge is 2.09. The molecule has 0 saturated heterocycles. The van der Waals surface area contributed by atoms with Crippen LogP contribution in [0.1, 0.15) is 29.1 Å². The van der Waals surface area contributed by atoms with Crippen molar-refractivity contribution >= 4 is 17.4 Å². The smallest absolute Gasteiger partial charge is 0.314 e. The molecule has 0 bridgehead atoms. The van der Waals surface area contributed by atoms with E-state index >= 15 is 0 Å². The molecule has 0 saturated carbocycles. The predicted octanol–water partition coefficient (Wildman–Crippen LogP) is 3.42. The number of thiazole rings is 1. The van der Waals surface area contributed by atoms with Gasteiger partial charge in [0.15, 0.2) is 0 Å². The van der Waals surface area contributed by atoms with Gasteiger partial charge in [-0.2, -0.15) is 5.10 Å². The molecule has 0 fully saturated rings. The third-order valence-corrected chi connectivity index (χ3v) is 5.03. The average Bonchev–Trinajstić information content (AvgIpc) is 3.25. The minimum absolute atomic E-state index is 0.128. The molecule has 3 aromatic rings. The van der Waals surface area contributed by atoms with Crippen LogP contribution in [0.4, 0.5) is 4.79 Å². The average molecular weight is 384 g/mol. The Bertz CT molecular complexity index is 872. The second-order valence-corrected chi connectivity index (χ2v) is 7.32. The topological polar surface area (TPSA) is 71.8 Å². The fourth-order valence-corrected chi connectivity index (χ4v) is 3.70. The molecule has 2 aromatic heterocycles. The van der Waals surface area contributed by atoms with Gasteiger partial charge in [-0.25, -0.2) is 14.5 Å². The summed E-state index contributed by atoms with van der Waals surface area (Å²) in [6.45, 7) is 5.22. The van der Waals surface area contributed by atoms with Gasteiger partial charge in [0, 0.05) is 30.6 Å². The van der Waals surface area contributed by atoms with Crippen LogP contribution in [0, 0.1) is 13.8 Å². The maximum absolute atomic E-state index is 11.9. The summed E-state index contributed by atoms with van der Waals surface area (Å²) in [5, 5.41) is 13.1. The Morgan fingerprint density at radius 3 is 2.63 bits per heavy atom. The van der Waals surface area contributed by atoms with Crippen LogP contribution in [-0.2, 0) is 12.8 Å². The van der Waals surface area contributed by atoms with Gasteiger partial charge in [-0.3, -0.25) is 0 Å². The van der Waals surface area contributed by atoms with Crippen LogP contribution in [0.25, 0.3) is 5.13 Å². The molecule has 0 aliphatic carbocycles. The number of hydrogen-bond donors (Lipinski definition) is 2. The molecule has 2 amide bonds. The van der Waals surface area contributed by atoms with E-state index in [-0.39, 0.29) is 6.03 Å². The maximum Gasteiger partial charge on any atom is 0.314 e. The molecule has 0 aliphatic rings. The first-order chi connectivity index (χ1) is 13.1. The molecule has 7 heteroatoms. The fraction of sp³-hybridized carbons (Fsp3) is 0.350. The standard InChI is InChI=1S/C20H25N5OS/c1-15-13-16(2)25(24-15)20-23-18(14-27-20)10-12-22-19(26)21-11-6-9-17-7-4-3-5-8-17/h3-5,7-8,13-14H,6,9-12H2,1-2H3,(H2,21,22,26). The number of carbonyl (C=O) groups excluding carboxylic acids is 1. The van der Waals surface area contributed by atoms with E-state index in [2.05, 4.69) is 32.8 Å². The zero-order chi connectivity index (χ0) is 19.1. The first kappa shape index (κ1) is 19.1. The molecule has 0 aliphatic heterocycles. The molecule has 27 heavy (non-hydrogen) atoms. The van der Waals surface area contributed by atoms with Gasteiger partial charge in [0.2, 0.25) is 5.13 Å². The van der Waals surface area contributed by atoms with Gasteiger partial charge in [-0.15, -0.1) is 11.3 Å². The number of amides is 2. The number of aromatic nitrogens is 3. The highest BCUT2D eigenvalue weighted by Crippen LogP contribution is 2.17. The summed E-state index contributed by atoms with van der Waals surface area (Å²) in [5.74, 6) is 0. The minimum atomic E-state index is -0.128. The lowest BCUT2D eigenvalue weighted by Crippen LogP contribution is -2.37. The summed E-state index contributed by atoms with van der Waals surface area (Å²) in [6, 6.07) is 12.2. The number of benzene rings is 1. The Hall–Kier alpha value is -2.67. The van der Waals surface area contributed by atoms with Gasteiger partial charge in [-0.1, -0.05) is 30.3 Å². The molecule has 6 nitrogen and oxygen atoms in total. The van der Waals surface area contributed by atoms with Crippen LogP contribution in [-0.4, -0.2) is 33.9 Å². The van der Waals surface area contributed by atoms with Gasteiger partial charge in [0.05, 0.1) is 11.4 Å². The van der Waals surface area contributed by atoms with Crippen molar-refractivity contribution in [3.63, 3.8) is 0 Å². The number of hydrogen-bond acceptors (Lipinski definition) is 4. The molecule has 3 rings (SSSR count). The number of rotatable bonds is 8. The Labute approximate surface area is 163 Å². The molecule has 1 aromatic carbocycles. The lowest BCUT2D eigenvalue weighted by Gasteiger charge is -2.07. The Balaban J connectivity index is 1.35. The van der Waals surface area contributed by atoms with Gasteiger partial charge in [-0.05, 0) is 38.3 Å². The third-order valence-electron chi connectivity index (χ3n) is 4.17. The van der Waals surface area contributed by atoms with Crippen molar-refractivity contribution in [1.82, 2.24) is 25.4 Å². The molecule has 0 spiro atoms. The monoisotopic (exact) mass is 383 g/mol. The SMILES string of the molecule is Cc1cc(C)n(-c2nc(CCNC(=O)NCCCc3ccccc3)cs2)n1.